The molecule has 0 aromatic rings. The zero-order valence-electron chi connectivity index (χ0n) is 9.75. The Morgan fingerprint density at radius 3 is 2.73 bits per heavy atom. The lowest BCUT2D eigenvalue weighted by molar-refractivity contribution is -0.120. The number of rotatable bonds is 2. The zero-order valence-corrected chi connectivity index (χ0v) is 9.75. The van der Waals surface area contributed by atoms with E-state index in [2.05, 4.69) is 13.0 Å². The molecular formula is C14H20O. The molecule has 0 saturated heterocycles. The number of hydrogen-bond acceptors (Lipinski definition) is 1. The number of allylic oxidation sites excluding steroid dienone is 4. The number of ketones is 1. The van der Waals surface area contributed by atoms with Gasteiger partial charge in [-0.15, -0.1) is 0 Å². The Morgan fingerprint density at radius 2 is 2.13 bits per heavy atom. The van der Waals surface area contributed by atoms with Gasteiger partial charge in [-0.05, 0) is 44.6 Å². The molecular weight excluding hydrogens is 184 g/mol. The van der Waals surface area contributed by atoms with E-state index in [1.54, 1.807) is 6.08 Å². The van der Waals surface area contributed by atoms with E-state index in [1.165, 1.54) is 31.3 Å². The molecule has 1 nitrogen and oxygen atoms in total. The predicted octanol–water partition coefficient (Wildman–Crippen LogP) is 3.66. The molecule has 2 aliphatic carbocycles. The molecule has 0 amide bonds. The monoisotopic (exact) mass is 204 g/mol. The molecule has 2 aliphatic rings. The van der Waals surface area contributed by atoms with Crippen molar-refractivity contribution in [2.75, 3.05) is 0 Å². The van der Waals surface area contributed by atoms with Crippen molar-refractivity contribution in [3.8, 4) is 0 Å². The van der Waals surface area contributed by atoms with Crippen LogP contribution in [0.4, 0.5) is 0 Å². The molecule has 0 aromatic heterocycles. The van der Waals surface area contributed by atoms with Crippen molar-refractivity contribution >= 4 is 5.78 Å². The van der Waals surface area contributed by atoms with Gasteiger partial charge in [-0.1, -0.05) is 30.6 Å². The second kappa shape index (κ2) is 3.96. The number of carbonyl (C=O) groups excluding carboxylic acids is 1. The van der Waals surface area contributed by atoms with Crippen molar-refractivity contribution < 1.29 is 4.79 Å². The third kappa shape index (κ3) is 1.68. The second-order valence-corrected chi connectivity index (χ2v) is 5.06. The lowest BCUT2D eigenvalue weighted by Gasteiger charge is -2.31. The van der Waals surface area contributed by atoms with E-state index in [9.17, 15) is 4.79 Å². The quantitative estimate of drug-likeness (QED) is 0.495. The summed E-state index contributed by atoms with van der Waals surface area (Å²) in [6, 6.07) is 0. The Kier molecular flexibility index (Phi) is 2.81. The highest BCUT2D eigenvalue weighted by Crippen LogP contribution is 2.54. The highest BCUT2D eigenvalue weighted by molar-refractivity contribution is 5.94. The minimum absolute atomic E-state index is 0.191. The van der Waals surface area contributed by atoms with E-state index in [4.69, 9.17) is 0 Å². The molecule has 0 radical (unpaired) electrons. The molecule has 0 aliphatic heterocycles. The van der Waals surface area contributed by atoms with E-state index >= 15 is 0 Å². The minimum Gasteiger partial charge on any atom is -0.294 e. The first kappa shape index (κ1) is 10.7. The van der Waals surface area contributed by atoms with Gasteiger partial charge in [0.05, 0.1) is 0 Å². The van der Waals surface area contributed by atoms with Gasteiger partial charge in [-0.25, -0.2) is 0 Å². The van der Waals surface area contributed by atoms with E-state index in [0.29, 0.717) is 11.2 Å². The van der Waals surface area contributed by atoms with Crippen LogP contribution in [0.25, 0.3) is 0 Å². The molecule has 0 aromatic carbocycles. The molecule has 0 heterocycles. The fraction of sp³-hybridized carbons (Fsp3) is 0.643. The van der Waals surface area contributed by atoms with Crippen LogP contribution in [-0.4, -0.2) is 5.78 Å². The van der Waals surface area contributed by atoms with E-state index < -0.39 is 0 Å². The molecule has 1 heteroatoms. The van der Waals surface area contributed by atoms with Crippen molar-refractivity contribution in [3.63, 3.8) is 0 Å². The van der Waals surface area contributed by atoms with Gasteiger partial charge in [-0.3, -0.25) is 4.79 Å². The van der Waals surface area contributed by atoms with Crippen molar-refractivity contribution in [1.29, 1.82) is 0 Å². The third-order valence-corrected chi connectivity index (χ3v) is 4.11. The fourth-order valence-electron chi connectivity index (χ4n) is 3.44. The smallest absolute Gasteiger partial charge is 0.163 e. The molecule has 1 unspecified atom stereocenters. The van der Waals surface area contributed by atoms with E-state index in [0.717, 1.165) is 6.42 Å². The van der Waals surface area contributed by atoms with Gasteiger partial charge in [0.2, 0.25) is 0 Å². The van der Waals surface area contributed by atoms with Crippen LogP contribution in [0.5, 0.6) is 0 Å². The predicted molar refractivity (Wildman–Crippen MR) is 62.6 cm³/mol. The summed E-state index contributed by atoms with van der Waals surface area (Å²) >= 11 is 0. The van der Waals surface area contributed by atoms with Gasteiger partial charge in [0.25, 0.3) is 0 Å². The first-order valence-corrected chi connectivity index (χ1v) is 6.03. The van der Waals surface area contributed by atoms with Crippen LogP contribution in [0.15, 0.2) is 23.8 Å². The summed E-state index contributed by atoms with van der Waals surface area (Å²) in [5.41, 5.74) is 1.61. The van der Waals surface area contributed by atoms with Gasteiger partial charge >= 0.3 is 0 Å². The lowest BCUT2D eigenvalue weighted by atomic mass is 9.72. The summed E-state index contributed by atoms with van der Waals surface area (Å²) in [6.07, 6.45) is 12.2. The topological polar surface area (TPSA) is 17.1 Å². The molecule has 1 fully saturated rings. The average Bonchev–Trinajstić information content (AvgIpc) is 2.77. The molecule has 1 saturated carbocycles. The van der Waals surface area contributed by atoms with Gasteiger partial charge in [0.15, 0.2) is 5.78 Å². The third-order valence-electron chi connectivity index (χ3n) is 4.11. The van der Waals surface area contributed by atoms with E-state index in [1.807, 2.05) is 13.0 Å². The highest BCUT2D eigenvalue weighted by Gasteiger charge is 2.46. The Morgan fingerprint density at radius 1 is 1.47 bits per heavy atom. The summed E-state index contributed by atoms with van der Waals surface area (Å²) in [7, 11) is 0. The van der Waals surface area contributed by atoms with Crippen LogP contribution in [0.3, 0.4) is 0 Å². The summed E-state index contributed by atoms with van der Waals surface area (Å²) < 4.78 is 0. The molecule has 1 spiro atoms. The second-order valence-electron chi connectivity index (χ2n) is 5.06. The first-order valence-electron chi connectivity index (χ1n) is 6.03. The molecule has 15 heavy (non-hydrogen) atoms. The van der Waals surface area contributed by atoms with Crippen LogP contribution in [-0.2, 0) is 4.79 Å². The Hall–Kier alpha value is -0.850. The van der Waals surface area contributed by atoms with Gasteiger partial charge in [0.1, 0.15) is 0 Å². The van der Waals surface area contributed by atoms with Gasteiger partial charge in [-0.2, -0.15) is 0 Å². The molecule has 0 N–H and O–H groups in total. The van der Waals surface area contributed by atoms with Crippen molar-refractivity contribution in [1.82, 2.24) is 0 Å². The number of carbonyl (C=O) groups is 1. The van der Waals surface area contributed by atoms with Crippen LogP contribution in [0.2, 0.25) is 0 Å². The fourth-order valence-corrected chi connectivity index (χ4v) is 3.44. The molecule has 1 atom stereocenters. The maximum absolute atomic E-state index is 12.1. The summed E-state index contributed by atoms with van der Waals surface area (Å²) in [6.45, 7) is 4.05. The highest BCUT2D eigenvalue weighted by atomic mass is 16.1. The van der Waals surface area contributed by atoms with Crippen LogP contribution < -0.4 is 0 Å². The standard InChI is InChI=1S/C14H20O/c1-3-6-12(15)13-11(2)7-10-14(13)8-4-5-9-14/h3,6-7,13H,4-5,8-10H2,1-2H3. The first-order chi connectivity index (χ1) is 7.19. The average molecular weight is 204 g/mol. The summed E-state index contributed by atoms with van der Waals surface area (Å²) in [5.74, 6) is 0.516. The largest absolute Gasteiger partial charge is 0.294 e. The van der Waals surface area contributed by atoms with Crippen LogP contribution in [0.1, 0.15) is 46.0 Å². The normalized spacial score (nSPS) is 28.9. The molecule has 82 valence electrons. The summed E-state index contributed by atoms with van der Waals surface area (Å²) in [5, 5.41) is 0. The Balaban J connectivity index is 2.25. The summed E-state index contributed by atoms with van der Waals surface area (Å²) in [4.78, 5) is 12.1. The van der Waals surface area contributed by atoms with Crippen LogP contribution >= 0.6 is 0 Å². The maximum Gasteiger partial charge on any atom is 0.163 e. The minimum atomic E-state index is 0.191. The molecule has 2 rings (SSSR count). The van der Waals surface area contributed by atoms with Gasteiger partial charge in [0, 0.05) is 5.92 Å². The zero-order chi connectivity index (χ0) is 10.9. The maximum atomic E-state index is 12.1. The van der Waals surface area contributed by atoms with Crippen molar-refractivity contribution in [2.45, 2.75) is 46.0 Å². The van der Waals surface area contributed by atoms with Crippen molar-refractivity contribution in [3.05, 3.63) is 23.8 Å². The van der Waals surface area contributed by atoms with E-state index in [-0.39, 0.29) is 5.92 Å². The van der Waals surface area contributed by atoms with Crippen molar-refractivity contribution in [2.24, 2.45) is 11.3 Å². The Labute approximate surface area is 92.3 Å². The lowest BCUT2D eigenvalue weighted by Crippen LogP contribution is -2.29. The molecule has 0 bridgehead atoms. The van der Waals surface area contributed by atoms with Crippen LogP contribution in [0, 0.1) is 11.3 Å². The van der Waals surface area contributed by atoms with Gasteiger partial charge < -0.3 is 0 Å². The number of hydrogen-bond donors (Lipinski definition) is 0. The Bertz CT molecular complexity index is 316. The SMILES string of the molecule is CC=CC(=O)C1C(C)=CCC12CCCC2.